The van der Waals surface area contributed by atoms with Crippen LogP contribution in [0.5, 0.6) is 5.75 Å². The molecule has 10 nitrogen and oxygen atoms in total. The first-order valence-corrected chi connectivity index (χ1v) is 13.8. The summed E-state index contributed by atoms with van der Waals surface area (Å²) < 4.78 is 25.1. The number of aryl methyl sites for hydroxylation is 1. The van der Waals surface area contributed by atoms with Gasteiger partial charge in [0.1, 0.15) is 23.4 Å². The highest BCUT2D eigenvalue weighted by Gasteiger charge is 2.32. The standard InChI is InChI=1S/C30H34FN5O5/c1-19-15-23(34-41-19)17-35-12-11-26(25(31)18-35)33-29(38)22-5-8-27(32-16-22)30(39)36-13-9-21(10-14-36)28(37)20-3-6-24(40-2)7-4-20/h3-8,15-16,21,25-26H,9-14,17-18H2,1-2H3,(H,33,38). The van der Waals surface area contributed by atoms with Crippen LogP contribution < -0.4 is 10.1 Å². The van der Waals surface area contributed by atoms with Crippen molar-refractivity contribution in [2.24, 2.45) is 5.92 Å². The number of methoxy groups -OCH3 is 1. The van der Waals surface area contributed by atoms with E-state index >= 15 is 0 Å². The van der Waals surface area contributed by atoms with Crippen LogP contribution in [0.25, 0.3) is 0 Å². The summed E-state index contributed by atoms with van der Waals surface area (Å²) in [6.07, 6.45) is 1.72. The number of rotatable bonds is 8. The van der Waals surface area contributed by atoms with Gasteiger partial charge in [-0.2, -0.15) is 0 Å². The molecule has 0 spiro atoms. The summed E-state index contributed by atoms with van der Waals surface area (Å²) >= 11 is 0. The van der Waals surface area contributed by atoms with E-state index in [1.807, 2.05) is 17.9 Å². The number of benzene rings is 1. The molecule has 4 heterocycles. The van der Waals surface area contributed by atoms with E-state index in [0.29, 0.717) is 62.5 Å². The number of nitrogens with zero attached hydrogens (tertiary/aromatic N) is 4. The molecule has 2 aromatic heterocycles. The molecule has 2 aliphatic rings. The Kier molecular flexibility index (Phi) is 8.72. The van der Waals surface area contributed by atoms with E-state index in [1.54, 1.807) is 36.3 Å². The second-order valence-electron chi connectivity index (χ2n) is 10.6. The summed E-state index contributed by atoms with van der Waals surface area (Å²) in [7, 11) is 1.58. The van der Waals surface area contributed by atoms with Gasteiger partial charge in [0.05, 0.1) is 24.4 Å². The zero-order valence-electron chi connectivity index (χ0n) is 23.2. The first-order valence-electron chi connectivity index (χ1n) is 13.8. The molecule has 2 amide bonds. The summed E-state index contributed by atoms with van der Waals surface area (Å²) in [5, 5.41) is 6.73. The first kappa shape index (κ1) is 28.4. The van der Waals surface area contributed by atoms with E-state index in [1.165, 1.54) is 18.3 Å². The number of amides is 2. The van der Waals surface area contributed by atoms with Crippen molar-refractivity contribution in [3.8, 4) is 5.75 Å². The highest BCUT2D eigenvalue weighted by Crippen LogP contribution is 2.24. The molecule has 2 saturated heterocycles. The lowest BCUT2D eigenvalue weighted by Gasteiger charge is -2.34. The number of aromatic nitrogens is 2. The Morgan fingerprint density at radius 2 is 1.78 bits per heavy atom. The monoisotopic (exact) mass is 563 g/mol. The molecule has 11 heteroatoms. The van der Waals surface area contributed by atoms with Crippen molar-refractivity contribution in [1.82, 2.24) is 25.3 Å². The molecule has 2 atom stereocenters. The van der Waals surface area contributed by atoms with Gasteiger partial charge in [0, 0.05) is 56.5 Å². The fourth-order valence-corrected chi connectivity index (χ4v) is 5.40. The van der Waals surface area contributed by atoms with E-state index in [2.05, 4.69) is 15.5 Å². The molecule has 2 aliphatic heterocycles. The van der Waals surface area contributed by atoms with Crippen molar-refractivity contribution in [2.75, 3.05) is 33.3 Å². The molecule has 2 fully saturated rings. The normalized spacial score (nSPS) is 20.0. The van der Waals surface area contributed by atoms with E-state index in [-0.39, 0.29) is 35.4 Å². The molecule has 3 aromatic rings. The lowest BCUT2D eigenvalue weighted by molar-refractivity contribution is 0.0645. The highest BCUT2D eigenvalue weighted by atomic mass is 19.1. The van der Waals surface area contributed by atoms with Crippen LogP contribution in [0.2, 0.25) is 0 Å². The van der Waals surface area contributed by atoms with Crippen molar-refractivity contribution in [3.63, 3.8) is 0 Å². The molecular weight excluding hydrogens is 529 g/mol. The lowest BCUT2D eigenvalue weighted by atomic mass is 9.88. The number of pyridine rings is 1. The number of hydrogen-bond donors (Lipinski definition) is 1. The molecule has 0 bridgehead atoms. The van der Waals surface area contributed by atoms with E-state index in [9.17, 15) is 18.8 Å². The van der Waals surface area contributed by atoms with Gasteiger partial charge in [0.2, 0.25) is 0 Å². The number of alkyl halides is 1. The number of ketones is 1. The Morgan fingerprint density at radius 3 is 2.39 bits per heavy atom. The molecule has 0 saturated carbocycles. The van der Waals surface area contributed by atoms with Crippen LogP contribution in [0.1, 0.15) is 61.9 Å². The van der Waals surface area contributed by atoms with E-state index < -0.39 is 18.1 Å². The minimum absolute atomic E-state index is 0.0690. The summed E-state index contributed by atoms with van der Waals surface area (Å²) in [5.74, 6) is 0.652. The fraction of sp³-hybridized carbons (Fsp3) is 0.433. The summed E-state index contributed by atoms with van der Waals surface area (Å²) in [6, 6.07) is 11.3. The van der Waals surface area contributed by atoms with Crippen LogP contribution in [0.3, 0.4) is 0 Å². The maximum Gasteiger partial charge on any atom is 0.272 e. The van der Waals surface area contributed by atoms with Gasteiger partial charge >= 0.3 is 0 Å². The zero-order valence-corrected chi connectivity index (χ0v) is 23.2. The van der Waals surface area contributed by atoms with Crippen LogP contribution in [0.4, 0.5) is 4.39 Å². The van der Waals surface area contributed by atoms with Gasteiger partial charge in [-0.1, -0.05) is 5.16 Å². The maximum atomic E-state index is 14.9. The smallest absolute Gasteiger partial charge is 0.272 e. The van der Waals surface area contributed by atoms with Gasteiger partial charge in [0.25, 0.3) is 11.8 Å². The maximum absolute atomic E-state index is 14.9. The minimum Gasteiger partial charge on any atom is -0.497 e. The number of carbonyl (C=O) groups excluding carboxylic acids is 3. The molecule has 41 heavy (non-hydrogen) atoms. The second-order valence-corrected chi connectivity index (χ2v) is 10.6. The molecule has 1 aromatic carbocycles. The number of nitrogens with one attached hydrogen (secondary N) is 1. The molecule has 0 radical (unpaired) electrons. The Hall–Kier alpha value is -4.12. The molecule has 216 valence electrons. The quantitative estimate of drug-likeness (QED) is 0.414. The number of carbonyl (C=O) groups is 3. The van der Waals surface area contributed by atoms with Crippen LogP contribution >= 0.6 is 0 Å². The molecule has 1 N–H and O–H groups in total. The summed E-state index contributed by atoms with van der Waals surface area (Å²) in [4.78, 5) is 46.5. The van der Waals surface area contributed by atoms with Crippen LogP contribution in [0, 0.1) is 12.8 Å². The van der Waals surface area contributed by atoms with Crippen LogP contribution in [-0.4, -0.2) is 83.0 Å². The number of Topliss-reactive ketones (excluding diaryl/α,β-unsaturated/α-hetero) is 1. The summed E-state index contributed by atoms with van der Waals surface area (Å²) in [6.45, 7) is 4.00. The minimum atomic E-state index is -1.23. The fourth-order valence-electron chi connectivity index (χ4n) is 5.40. The predicted molar refractivity (Wildman–Crippen MR) is 147 cm³/mol. The third-order valence-corrected chi connectivity index (χ3v) is 7.78. The molecular formula is C30H34FN5O5. The van der Waals surface area contributed by atoms with Gasteiger partial charge < -0.3 is 19.5 Å². The third-order valence-electron chi connectivity index (χ3n) is 7.78. The Balaban J connectivity index is 1.09. The largest absolute Gasteiger partial charge is 0.497 e. The second kappa shape index (κ2) is 12.6. The highest BCUT2D eigenvalue weighted by molar-refractivity contribution is 5.99. The van der Waals surface area contributed by atoms with E-state index in [4.69, 9.17) is 9.26 Å². The van der Waals surface area contributed by atoms with Crippen molar-refractivity contribution in [2.45, 2.75) is 44.9 Å². The lowest BCUT2D eigenvalue weighted by Crippen LogP contribution is -2.52. The van der Waals surface area contributed by atoms with Crippen molar-refractivity contribution >= 4 is 17.6 Å². The average Bonchev–Trinajstić information content (AvgIpc) is 3.42. The number of piperidine rings is 2. The summed E-state index contributed by atoms with van der Waals surface area (Å²) in [5.41, 5.74) is 1.88. The number of halogens is 1. The zero-order chi connectivity index (χ0) is 28.9. The third kappa shape index (κ3) is 6.79. The van der Waals surface area contributed by atoms with Crippen molar-refractivity contribution in [1.29, 1.82) is 0 Å². The van der Waals surface area contributed by atoms with Gasteiger partial charge in [-0.3, -0.25) is 24.3 Å². The van der Waals surface area contributed by atoms with Crippen molar-refractivity contribution in [3.05, 3.63) is 76.9 Å². The molecule has 2 unspecified atom stereocenters. The Bertz CT molecular complexity index is 1370. The van der Waals surface area contributed by atoms with Crippen LogP contribution in [-0.2, 0) is 6.54 Å². The van der Waals surface area contributed by atoms with Gasteiger partial charge in [0.15, 0.2) is 5.78 Å². The van der Waals surface area contributed by atoms with Crippen molar-refractivity contribution < 1.29 is 28.0 Å². The topological polar surface area (TPSA) is 118 Å². The SMILES string of the molecule is COc1ccc(C(=O)C2CCN(C(=O)c3ccc(C(=O)NC4CCN(Cc5cc(C)on5)CC4F)cn3)CC2)cc1. The Labute approximate surface area is 237 Å². The average molecular weight is 564 g/mol. The van der Waals surface area contributed by atoms with Gasteiger partial charge in [-0.15, -0.1) is 0 Å². The van der Waals surface area contributed by atoms with Gasteiger partial charge in [-0.25, -0.2) is 4.39 Å². The van der Waals surface area contributed by atoms with Crippen LogP contribution in [0.15, 0.2) is 53.2 Å². The van der Waals surface area contributed by atoms with E-state index in [0.717, 1.165) is 5.69 Å². The number of ether oxygens (including phenoxy) is 1. The molecule has 5 rings (SSSR count). The Morgan fingerprint density at radius 1 is 1.05 bits per heavy atom. The predicted octanol–water partition coefficient (Wildman–Crippen LogP) is 3.46. The number of hydrogen-bond acceptors (Lipinski definition) is 8. The number of likely N-dealkylation sites (tertiary alicyclic amines) is 2. The van der Waals surface area contributed by atoms with Gasteiger partial charge in [-0.05, 0) is 62.6 Å². The first-order chi connectivity index (χ1) is 19.8. The molecule has 0 aliphatic carbocycles.